The van der Waals surface area contributed by atoms with Crippen LogP contribution >= 0.6 is 0 Å². The molecule has 2 atom stereocenters. The fourth-order valence-corrected chi connectivity index (χ4v) is 3.27. The van der Waals surface area contributed by atoms with Gasteiger partial charge in [-0.25, -0.2) is 0 Å². The van der Waals surface area contributed by atoms with Crippen molar-refractivity contribution >= 4 is 11.8 Å². The Labute approximate surface area is 144 Å². The van der Waals surface area contributed by atoms with Crippen molar-refractivity contribution < 1.29 is 14.3 Å². The number of aryl methyl sites for hydroxylation is 1. The van der Waals surface area contributed by atoms with Crippen molar-refractivity contribution in [1.29, 1.82) is 0 Å². The van der Waals surface area contributed by atoms with Crippen molar-refractivity contribution in [2.75, 3.05) is 20.8 Å². The molecular formula is C19H28N2O3. The molecule has 0 radical (unpaired) electrons. The summed E-state index contributed by atoms with van der Waals surface area (Å²) in [6, 6.07) is 8.07. The largest absolute Gasteiger partial charge is 0.375 e. The van der Waals surface area contributed by atoms with Gasteiger partial charge in [0, 0.05) is 20.2 Å². The predicted octanol–water partition coefficient (Wildman–Crippen LogP) is 1.79. The standard InChI is InChI=1S/C19H28N2O3/c1-13(2)18(20-17(22)12-24-4)19(23)21(3)16-10-9-14-7-5-6-8-15(14)11-16/h5-8,13,16,18H,9-12H2,1-4H3,(H,20,22)/t16-,18+/m1/s1. The molecule has 1 aromatic carbocycles. The van der Waals surface area contributed by atoms with Crippen molar-refractivity contribution in [1.82, 2.24) is 10.2 Å². The molecule has 24 heavy (non-hydrogen) atoms. The first-order chi connectivity index (χ1) is 11.4. The molecule has 5 heteroatoms. The number of likely N-dealkylation sites (N-methyl/N-ethyl adjacent to an activating group) is 1. The van der Waals surface area contributed by atoms with E-state index in [2.05, 4.69) is 23.5 Å². The van der Waals surface area contributed by atoms with Gasteiger partial charge in [-0.2, -0.15) is 0 Å². The Bertz CT molecular complexity index is 586. The van der Waals surface area contributed by atoms with E-state index in [4.69, 9.17) is 4.74 Å². The summed E-state index contributed by atoms with van der Waals surface area (Å²) >= 11 is 0. The molecule has 0 heterocycles. The third-order valence-corrected chi connectivity index (χ3v) is 4.74. The normalized spacial score (nSPS) is 18.0. The van der Waals surface area contributed by atoms with Crippen LogP contribution in [0, 0.1) is 5.92 Å². The van der Waals surface area contributed by atoms with Gasteiger partial charge in [0.25, 0.3) is 0 Å². The molecule has 0 saturated carbocycles. The van der Waals surface area contributed by atoms with Crippen molar-refractivity contribution in [3.8, 4) is 0 Å². The van der Waals surface area contributed by atoms with Crippen LogP contribution in [0.3, 0.4) is 0 Å². The number of nitrogens with one attached hydrogen (secondary N) is 1. The van der Waals surface area contributed by atoms with Gasteiger partial charge >= 0.3 is 0 Å². The van der Waals surface area contributed by atoms with Crippen molar-refractivity contribution in [2.24, 2.45) is 5.92 Å². The lowest BCUT2D eigenvalue weighted by Crippen LogP contribution is -2.54. The second kappa shape index (κ2) is 8.29. The second-order valence-corrected chi connectivity index (χ2v) is 6.84. The van der Waals surface area contributed by atoms with Gasteiger partial charge in [0.1, 0.15) is 12.6 Å². The molecule has 0 fully saturated rings. The van der Waals surface area contributed by atoms with E-state index in [0.717, 1.165) is 19.3 Å². The Kier molecular flexibility index (Phi) is 6.37. The molecule has 2 rings (SSSR count). The predicted molar refractivity (Wildman–Crippen MR) is 93.7 cm³/mol. The van der Waals surface area contributed by atoms with Crippen LogP contribution < -0.4 is 5.32 Å². The first kappa shape index (κ1) is 18.5. The number of methoxy groups -OCH3 is 1. The molecule has 1 aliphatic rings. The Morgan fingerprint density at radius 2 is 1.96 bits per heavy atom. The molecule has 0 aromatic heterocycles. The van der Waals surface area contributed by atoms with Crippen LogP contribution in [0.5, 0.6) is 0 Å². The zero-order valence-corrected chi connectivity index (χ0v) is 15.0. The van der Waals surface area contributed by atoms with Gasteiger partial charge in [-0.15, -0.1) is 0 Å². The summed E-state index contributed by atoms with van der Waals surface area (Å²) in [5.74, 6) is -0.262. The third kappa shape index (κ3) is 4.35. The summed E-state index contributed by atoms with van der Waals surface area (Å²) in [6.45, 7) is 3.86. The molecule has 5 nitrogen and oxygen atoms in total. The number of nitrogens with zero attached hydrogens (tertiary/aromatic N) is 1. The van der Waals surface area contributed by atoms with E-state index in [0.29, 0.717) is 0 Å². The molecule has 1 aliphatic carbocycles. The maximum absolute atomic E-state index is 12.9. The van der Waals surface area contributed by atoms with E-state index in [1.165, 1.54) is 18.2 Å². The first-order valence-corrected chi connectivity index (χ1v) is 8.55. The molecule has 2 amide bonds. The smallest absolute Gasteiger partial charge is 0.246 e. The van der Waals surface area contributed by atoms with Crippen LogP contribution in [-0.4, -0.2) is 49.6 Å². The minimum absolute atomic E-state index is 0.0247. The topological polar surface area (TPSA) is 58.6 Å². The lowest BCUT2D eigenvalue weighted by Gasteiger charge is -2.35. The van der Waals surface area contributed by atoms with Crippen LogP contribution in [0.15, 0.2) is 24.3 Å². The quantitative estimate of drug-likeness (QED) is 0.864. The minimum Gasteiger partial charge on any atom is -0.375 e. The van der Waals surface area contributed by atoms with E-state index in [-0.39, 0.29) is 30.4 Å². The van der Waals surface area contributed by atoms with Crippen LogP contribution in [0.4, 0.5) is 0 Å². The van der Waals surface area contributed by atoms with Gasteiger partial charge in [-0.1, -0.05) is 38.1 Å². The summed E-state index contributed by atoms with van der Waals surface area (Å²) in [5.41, 5.74) is 2.70. The maximum Gasteiger partial charge on any atom is 0.246 e. The lowest BCUT2D eigenvalue weighted by atomic mass is 9.87. The van der Waals surface area contributed by atoms with Gasteiger partial charge in [0.05, 0.1) is 0 Å². The number of hydrogen-bond donors (Lipinski definition) is 1. The summed E-state index contributed by atoms with van der Waals surface area (Å²) in [7, 11) is 3.32. The number of ether oxygens (including phenoxy) is 1. The molecule has 1 aromatic rings. The molecule has 132 valence electrons. The summed E-state index contributed by atoms with van der Waals surface area (Å²) < 4.78 is 4.84. The van der Waals surface area contributed by atoms with Gasteiger partial charge in [-0.3, -0.25) is 9.59 Å². The Hall–Kier alpha value is -1.88. The van der Waals surface area contributed by atoms with E-state index in [1.54, 1.807) is 0 Å². The molecule has 0 unspecified atom stereocenters. The molecule has 1 N–H and O–H groups in total. The first-order valence-electron chi connectivity index (χ1n) is 8.55. The average molecular weight is 332 g/mol. The Morgan fingerprint density at radius 3 is 2.58 bits per heavy atom. The Morgan fingerprint density at radius 1 is 1.29 bits per heavy atom. The number of carbonyl (C=O) groups is 2. The fraction of sp³-hybridized carbons (Fsp3) is 0.579. The van der Waals surface area contributed by atoms with Gasteiger partial charge in [0.15, 0.2) is 0 Å². The summed E-state index contributed by atoms with van der Waals surface area (Å²) in [5, 5.41) is 2.80. The van der Waals surface area contributed by atoms with Crippen LogP contribution in [-0.2, 0) is 27.2 Å². The number of fused-ring (bicyclic) bond motifs is 1. The van der Waals surface area contributed by atoms with Gasteiger partial charge in [-0.05, 0) is 36.3 Å². The zero-order valence-electron chi connectivity index (χ0n) is 15.0. The van der Waals surface area contributed by atoms with Crippen LogP contribution in [0.1, 0.15) is 31.4 Å². The number of benzene rings is 1. The van der Waals surface area contributed by atoms with Crippen molar-refractivity contribution in [3.05, 3.63) is 35.4 Å². The molecular weight excluding hydrogens is 304 g/mol. The average Bonchev–Trinajstić information content (AvgIpc) is 2.58. The number of hydrogen-bond acceptors (Lipinski definition) is 3. The highest BCUT2D eigenvalue weighted by Gasteiger charge is 2.31. The number of rotatable bonds is 6. The van der Waals surface area contributed by atoms with Crippen LogP contribution in [0.25, 0.3) is 0 Å². The van der Waals surface area contributed by atoms with Crippen LogP contribution in [0.2, 0.25) is 0 Å². The second-order valence-electron chi connectivity index (χ2n) is 6.84. The van der Waals surface area contributed by atoms with E-state index in [1.807, 2.05) is 31.9 Å². The van der Waals surface area contributed by atoms with Gasteiger partial charge < -0.3 is 15.0 Å². The molecule has 0 bridgehead atoms. The highest BCUT2D eigenvalue weighted by Crippen LogP contribution is 2.24. The third-order valence-electron chi connectivity index (χ3n) is 4.74. The highest BCUT2D eigenvalue weighted by molar-refractivity contribution is 5.88. The van der Waals surface area contributed by atoms with E-state index >= 15 is 0 Å². The lowest BCUT2D eigenvalue weighted by molar-refractivity contribution is -0.139. The molecule has 0 spiro atoms. The van der Waals surface area contributed by atoms with E-state index in [9.17, 15) is 9.59 Å². The summed E-state index contributed by atoms with van der Waals surface area (Å²) in [6.07, 6.45) is 2.81. The number of amides is 2. The number of carbonyl (C=O) groups excluding carboxylic acids is 2. The summed E-state index contributed by atoms with van der Waals surface area (Å²) in [4.78, 5) is 26.5. The fourth-order valence-electron chi connectivity index (χ4n) is 3.27. The van der Waals surface area contributed by atoms with E-state index < -0.39 is 6.04 Å². The van der Waals surface area contributed by atoms with Crippen molar-refractivity contribution in [3.63, 3.8) is 0 Å². The van der Waals surface area contributed by atoms with Gasteiger partial charge in [0.2, 0.25) is 11.8 Å². The highest BCUT2D eigenvalue weighted by atomic mass is 16.5. The zero-order chi connectivity index (χ0) is 17.7. The minimum atomic E-state index is -0.519. The van der Waals surface area contributed by atoms with Crippen molar-refractivity contribution in [2.45, 2.75) is 45.2 Å². The Balaban J connectivity index is 2.05. The maximum atomic E-state index is 12.9. The molecule has 0 aliphatic heterocycles. The molecule has 0 saturated heterocycles. The monoisotopic (exact) mass is 332 g/mol. The SMILES string of the molecule is COCC(=O)N[C@H](C(=O)N(C)[C@@H]1CCc2ccccc2C1)C(C)C.